The van der Waals surface area contributed by atoms with Crippen LogP contribution in [0.5, 0.6) is 5.75 Å². The van der Waals surface area contributed by atoms with Crippen LogP contribution in [0.1, 0.15) is 35.8 Å². The van der Waals surface area contributed by atoms with Gasteiger partial charge in [-0.15, -0.1) is 5.10 Å². The van der Waals surface area contributed by atoms with E-state index < -0.39 is 12.0 Å². The van der Waals surface area contributed by atoms with E-state index >= 15 is 0 Å². The minimum absolute atomic E-state index is 0.0234. The number of fused-ring (bicyclic) bond motifs is 1. The third kappa shape index (κ3) is 4.07. The first-order valence-corrected chi connectivity index (χ1v) is 9.54. The van der Waals surface area contributed by atoms with Crippen molar-refractivity contribution in [3.05, 3.63) is 53.6 Å². The highest BCUT2D eigenvalue weighted by Crippen LogP contribution is 2.30. The summed E-state index contributed by atoms with van der Waals surface area (Å²) >= 11 is 0. The fraction of sp³-hybridized carbons (Fsp3) is 0.400. The summed E-state index contributed by atoms with van der Waals surface area (Å²) in [5, 5.41) is 3.62. The Labute approximate surface area is 170 Å². The number of aromatic nitrogens is 4. The Kier molecular flexibility index (Phi) is 5.31. The van der Waals surface area contributed by atoms with E-state index in [-0.39, 0.29) is 24.0 Å². The maximum Gasteiger partial charge on any atom is 0.453 e. The molecule has 0 unspecified atom stereocenters. The standard InChI is InChI=1S/C20H20F3N5O2/c1-30-15-6-4-13(5-7-15)11-17(29)27-10-2-3-14(12-27)16-8-9-24-19-25-18(20(21,22)23)26-28(16)19/h4-9,14H,2-3,10-12H2,1H3/t14-/m0/s1. The van der Waals surface area contributed by atoms with Gasteiger partial charge in [0, 0.05) is 25.2 Å². The fourth-order valence-corrected chi connectivity index (χ4v) is 3.72. The lowest BCUT2D eigenvalue weighted by atomic mass is 9.94. The van der Waals surface area contributed by atoms with Gasteiger partial charge in [0.1, 0.15) is 5.75 Å². The normalized spacial score (nSPS) is 17.3. The molecule has 4 rings (SSSR count). The van der Waals surface area contributed by atoms with Crippen molar-refractivity contribution >= 4 is 11.7 Å². The van der Waals surface area contributed by atoms with Gasteiger partial charge in [-0.25, -0.2) is 9.50 Å². The zero-order valence-electron chi connectivity index (χ0n) is 16.3. The predicted molar refractivity (Wildman–Crippen MR) is 101 cm³/mol. The largest absolute Gasteiger partial charge is 0.497 e. The van der Waals surface area contributed by atoms with Gasteiger partial charge < -0.3 is 9.64 Å². The van der Waals surface area contributed by atoms with Gasteiger partial charge in [0.15, 0.2) is 0 Å². The quantitative estimate of drug-likeness (QED) is 0.650. The third-order valence-corrected chi connectivity index (χ3v) is 5.23. The number of likely N-dealkylation sites (tertiary alicyclic amines) is 1. The molecule has 1 aromatic carbocycles. The second-order valence-corrected chi connectivity index (χ2v) is 7.22. The van der Waals surface area contributed by atoms with Crippen molar-refractivity contribution in [2.45, 2.75) is 31.4 Å². The van der Waals surface area contributed by atoms with Crippen molar-refractivity contribution in [2.24, 2.45) is 0 Å². The van der Waals surface area contributed by atoms with Crippen LogP contribution in [-0.2, 0) is 17.4 Å². The highest BCUT2D eigenvalue weighted by Gasteiger charge is 2.37. The van der Waals surface area contributed by atoms with Crippen molar-refractivity contribution in [1.29, 1.82) is 0 Å². The molecule has 3 aromatic rings. The van der Waals surface area contributed by atoms with E-state index in [1.165, 1.54) is 6.20 Å². The van der Waals surface area contributed by atoms with Gasteiger partial charge in [-0.05, 0) is 36.6 Å². The zero-order valence-corrected chi connectivity index (χ0v) is 16.3. The van der Waals surface area contributed by atoms with Crippen LogP contribution < -0.4 is 4.74 Å². The van der Waals surface area contributed by atoms with Crippen molar-refractivity contribution in [2.75, 3.05) is 20.2 Å². The van der Waals surface area contributed by atoms with Crippen LogP contribution in [0.2, 0.25) is 0 Å². The summed E-state index contributed by atoms with van der Waals surface area (Å²) in [6.45, 7) is 1.03. The first-order valence-electron chi connectivity index (χ1n) is 9.54. The topological polar surface area (TPSA) is 72.6 Å². The van der Waals surface area contributed by atoms with Gasteiger partial charge in [0.25, 0.3) is 11.6 Å². The molecule has 3 heterocycles. The van der Waals surface area contributed by atoms with Crippen LogP contribution in [0, 0.1) is 0 Å². The average Bonchev–Trinajstić information content (AvgIpc) is 3.19. The number of hydrogen-bond donors (Lipinski definition) is 0. The van der Waals surface area contributed by atoms with Gasteiger partial charge in [-0.1, -0.05) is 12.1 Å². The molecule has 1 saturated heterocycles. The molecule has 158 valence electrons. The van der Waals surface area contributed by atoms with Crippen LogP contribution in [0.4, 0.5) is 13.2 Å². The molecule has 0 aliphatic carbocycles. The highest BCUT2D eigenvalue weighted by molar-refractivity contribution is 5.79. The van der Waals surface area contributed by atoms with Crippen molar-refractivity contribution in [3.63, 3.8) is 0 Å². The monoisotopic (exact) mass is 419 g/mol. The molecule has 0 N–H and O–H groups in total. The van der Waals surface area contributed by atoms with E-state index in [4.69, 9.17) is 4.74 Å². The number of nitrogens with zero attached hydrogens (tertiary/aromatic N) is 5. The van der Waals surface area contributed by atoms with Crippen LogP contribution in [0.25, 0.3) is 5.78 Å². The molecule has 2 aromatic heterocycles. The number of amides is 1. The summed E-state index contributed by atoms with van der Waals surface area (Å²) in [7, 11) is 1.58. The number of methoxy groups -OCH3 is 1. The molecule has 10 heteroatoms. The molecule has 0 bridgehead atoms. The second-order valence-electron chi connectivity index (χ2n) is 7.22. The number of halogens is 3. The molecular weight excluding hydrogens is 399 g/mol. The van der Waals surface area contributed by atoms with E-state index in [2.05, 4.69) is 15.1 Å². The number of hydrogen-bond acceptors (Lipinski definition) is 5. The fourth-order valence-electron chi connectivity index (χ4n) is 3.72. The molecule has 7 nitrogen and oxygen atoms in total. The van der Waals surface area contributed by atoms with Crippen LogP contribution in [-0.4, -0.2) is 50.6 Å². The summed E-state index contributed by atoms with van der Waals surface area (Å²) < 4.78 is 45.3. The Hall–Kier alpha value is -3.17. The predicted octanol–water partition coefficient (Wildman–Crippen LogP) is 3.10. The number of piperidine rings is 1. The molecular formula is C20H20F3N5O2. The number of alkyl halides is 3. The van der Waals surface area contributed by atoms with E-state index in [9.17, 15) is 18.0 Å². The van der Waals surface area contributed by atoms with Crippen LogP contribution in [0.3, 0.4) is 0 Å². The maximum absolute atomic E-state index is 13.0. The Morgan fingerprint density at radius 2 is 2.00 bits per heavy atom. The van der Waals surface area contributed by atoms with E-state index in [0.717, 1.165) is 28.7 Å². The lowest BCUT2D eigenvalue weighted by molar-refractivity contribution is -0.144. The van der Waals surface area contributed by atoms with E-state index in [0.29, 0.717) is 18.8 Å². The SMILES string of the molecule is COc1ccc(CC(=O)N2CCC[C@H](c3ccnc4nc(C(F)(F)F)nn34)C2)cc1. The van der Waals surface area contributed by atoms with Crippen LogP contribution >= 0.6 is 0 Å². The number of benzene rings is 1. The number of carbonyl (C=O) groups is 1. The van der Waals surface area contributed by atoms with E-state index in [1.807, 2.05) is 12.1 Å². The molecule has 1 amide bonds. The number of carbonyl (C=O) groups excluding carboxylic acids is 1. The number of ether oxygens (including phenoxy) is 1. The smallest absolute Gasteiger partial charge is 0.453 e. The Morgan fingerprint density at radius 3 is 2.70 bits per heavy atom. The minimum atomic E-state index is -4.64. The van der Waals surface area contributed by atoms with Gasteiger partial charge in [-0.3, -0.25) is 4.79 Å². The van der Waals surface area contributed by atoms with Gasteiger partial charge in [0.2, 0.25) is 5.91 Å². The van der Waals surface area contributed by atoms with Crippen molar-refractivity contribution < 1.29 is 22.7 Å². The van der Waals surface area contributed by atoms with Gasteiger partial charge in [0.05, 0.1) is 19.2 Å². The first kappa shape index (κ1) is 20.1. The third-order valence-electron chi connectivity index (χ3n) is 5.23. The highest BCUT2D eigenvalue weighted by atomic mass is 19.4. The first-order chi connectivity index (χ1) is 14.3. The van der Waals surface area contributed by atoms with Gasteiger partial charge >= 0.3 is 6.18 Å². The maximum atomic E-state index is 13.0. The van der Waals surface area contributed by atoms with Crippen LogP contribution in [0.15, 0.2) is 36.5 Å². The summed E-state index contributed by atoms with van der Waals surface area (Å²) in [6.07, 6.45) is -1.46. The van der Waals surface area contributed by atoms with Gasteiger partial charge in [-0.2, -0.15) is 18.2 Å². The Balaban J connectivity index is 1.52. The summed E-state index contributed by atoms with van der Waals surface area (Å²) in [4.78, 5) is 21.9. The lowest BCUT2D eigenvalue weighted by Gasteiger charge is -2.33. The van der Waals surface area contributed by atoms with Crippen molar-refractivity contribution in [1.82, 2.24) is 24.5 Å². The Bertz CT molecular complexity index is 1050. The lowest BCUT2D eigenvalue weighted by Crippen LogP contribution is -2.40. The molecule has 1 fully saturated rings. The van der Waals surface area contributed by atoms with Crippen molar-refractivity contribution in [3.8, 4) is 5.75 Å². The summed E-state index contributed by atoms with van der Waals surface area (Å²) in [5.74, 6) is -0.763. The molecule has 30 heavy (non-hydrogen) atoms. The van der Waals surface area contributed by atoms with E-state index in [1.54, 1.807) is 30.2 Å². The Morgan fingerprint density at radius 1 is 1.23 bits per heavy atom. The molecule has 0 radical (unpaired) electrons. The summed E-state index contributed by atoms with van der Waals surface area (Å²) in [6, 6.07) is 8.94. The number of rotatable bonds is 4. The molecule has 1 aliphatic heterocycles. The molecule has 1 aliphatic rings. The second kappa shape index (κ2) is 7.92. The molecule has 0 saturated carbocycles. The zero-order chi connectivity index (χ0) is 21.3. The molecule has 0 spiro atoms. The minimum Gasteiger partial charge on any atom is -0.497 e. The average molecular weight is 419 g/mol. The molecule has 1 atom stereocenters. The summed E-state index contributed by atoms with van der Waals surface area (Å²) in [5.41, 5.74) is 1.45.